The van der Waals surface area contributed by atoms with E-state index < -0.39 is 0 Å². The van der Waals surface area contributed by atoms with Crippen molar-refractivity contribution >= 4 is 124 Å². The lowest BCUT2D eigenvalue weighted by Gasteiger charge is -2.19. The van der Waals surface area contributed by atoms with Crippen LogP contribution in [0, 0.1) is 0 Å². The largest absolute Gasteiger partial charge is 0.457 e. The zero-order valence-electron chi connectivity index (χ0n) is 29.9. The van der Waals surface area contributed by atoms with Crippen molar-refractivity contribution < 1.29 is 4.42 Å². The van der Waals surface area contributed by atoms with E-state index in [0.717, 1.165) is 44.1 Å². The lowest BCUT2D eigenvalue weighted by molar-refractivity contribution is 0.674. The molecule has 0 aliphatic rings. The van der Waals surface area contributed by atoms with Crippen LogP contribution in [0.15, 0.2) is 138 Å². The van der Waals surface area contributed by atoms with E-state index >= 15 is 0 Å². The van der Waals surface area contributed by atoms with Crippen LogP contribution in [0.5, 0.6) is 0 Å². The molecule has 0 N–H and O–H groups in total. The fourth-order valence-electron chi connectivity index (χ4n) is 7.79. The van der Waals surface area contributed by atoms with Crippen LogP contribution in [0.2, 0.25) is 0 Å². The monoisotopic (exact) mass is 700 g/mol. The summed E-state index contributed by atoms with van der Waals surface area (Å²) in [6, 6.07) is 43.9. The first-order valence-corrected chi connectivity index (χ1v) is 18.0. The molecule has 7 aromatic carbocycles. The van der Waals surface area contributed by atoms with Gasteiger partial charge >= 0.3 is 0 Å². The number of aromatic nitrogens is 4. The third kappa shape index (κ3) is 5.14. The number of hydrogen-bond donors (Lipinski definition) is 0. The molecule has 12 radical (unpaired) electrons. The van der Waals surface area contributed by atoms with Crippen LogP contribution >= 0.6 is 0 Å². The Morgan fingerprint density at radius 1 is 0.375 bits per heavy atom. The predicted molar refractivity (Wildman–Crippen MR) is 236 cm³/mol. The normalized spacial score (nSPS) is 11.6. The predicted octanol–water partition coefficient (Wildman–Crippen LogP) is 4.30. The van der Waals surface area contributed by atoms with Crippen molar-refractivity contribution in [1.29, 1.82) is 0 Å². The minimum absolute atomic E-state index is 0.154. The van der Waals surface area contributed by atoms with Crippen LogP contribution in [-0.4, -0.2) is 66.6 Å². The van der Waals surface area contributed by atoms with E-state index in [2.05, 4.69) is 24.3 Å². The molecule has 11 heteroatoms. The number of hydrogen-bond acceptors (Lipinski definition) is 4. The first kappa shape index (κ1) is 34.1. The van der Waals surface area contributed by atoms with Gasteiger partial charge in [-0.15, -0.1) is 0 Å². The molecular formula is C45H22B6N4O. The van der Waals surface area contributed by atoms with Crippen LogP contribution in [0.4, 0.5) is 0 Å². The van der Waals surface area contributed by atoms with E-state index in [9.17, 15) is 0 Å². The van der Waals surface area contributed by atoms with E-state index in [1.54, 1.807) is 0 Å². The molecule has 0 fully saturated rings. The molecule has 0 bridgehead atoms. The SMILES string of the molecule is [B]c1c(-n2c3ccccc3c3ccccc32)c([B])c2c(oc3c([B])c(-c4nc(-c5ccccc5)nc(-c5ccc(-c6ccccc6)cc5)n4)c([B])c([B])c32)c1[B]. The van der Waals surface area contributed by atoms with Gasteiger partial charge in [-0.3, -0.25) is 0 Å². The van der Waals surface area contributed by atoms with Gasteiger partial charge in [0.2, 0.25) is 0 Å². The average molecular weight is 700 g/mol. The molecule has 0 saturated carbocycles. The van der Waals surface area contributed by atoms with Gasteiger partial charge in [-0.1, -0.05) is 149 Å². The van der Waals surface area contributed by atoms with E-state index in [4.69, 9.17) is 66.4 Å². The Hall–Kier alpha value is -6.46. The lowest BCUT2D eigenvalue weighted by Crippen LogP contribution is -2.37. The maximum Gasteiger partial charge on any atom is 0.164 e. The van der Waals surface area contributed by atoms with Crippen LogP contribution < -0.4 is 32.8 Å². The van der Waals surface area contributed by atoms with Gasteiger partial charge in [-0.25, -0.2) is 15.0 Å². The molecule has 0 aliphatic heterocycles. The van der Waals surface area contributed by atoms with Crippen molar-refractivity contribution in [2.45, 2.75) is 0 Å². The summed E-state index contributed by atoms with van der Waals surface area (Å²) in [7, 11) is 41.7. The second-order valence-corrected chi connectivity index (χ2v) is 13.7. The molecule has 3 heterocycles. The quantitative estimate of drug-likeness (QED) is 0.252. The zero-order chi connectivity index (χ0) is 38.2. The molecule has 10 aromatic rings. The Bertz CT molecular complexity index is 3150. The molecule has 0 unspecified atom stereocenters. The summed E-state index contributed by atoms with van der Waals surface area (Å²) in [5.74, 6) is 1.07. The van der Waals surface area contributed by atoms with Crippen LogP contribution in [0.1, 0.15) is 0 Å². The molecule has 56 heavy (non-hydrogen) atoms. The Morgan fingerprint density at radius 3 is 1.43 bits per heavy atom. The van der Waals surface area contributed by atoms with E-state index in [0.29, 0.717) is 39.1 Å². The summed E-state index contributed by atoms with van der Waals surface area (Å²) in [6.07, 6.45) is 0. The van der Waals surface area contributed by atoms with Gasteiger partial charge in [-0.2, -0.15) is 0 Å². The maximum absolute atomic E-state index is 7.12. The third-order valence-electron chi connectivity index (χ3n) is 10.5. The van der Waals surface area contributed by atoms with Gasteiger partial charge in [0.05, 0.1) is 11.0 Å². The van der Waals surface area contributed by atoms with Crippen molar-refractivity contribution in [3.63, 3.8) is 0 Å². The molecule has 0 saturated heterocycles. The molecule has 0 aliphatic carbocycles. The van der Waals surface area contributed by atoms with Gasteiger partial charge in [0.15, 0.2) is 17.5 Å². The summed E-state index contributed by atoms with van der Waals surface area (Å²) in [5.41, 5.74) is 8.04. The summed E-state index contributed by atoms with van der Waals surface area (Å²) in [6.45, 7) is 0. The summed E-state index contributed by atoms with van der Waals surface area (Å²) >= 11 is 0. The molecule has 0 spiro atoms. The maximum atomic E-state index is 7.12. The fraction of sp³-hybridized carbons (Fsp3) is 0. The Balaban J connectivity index is 1.21. The van der Waals surface area contributed by atoms with Crippen molar-refractivity contribution in [3.05, 3.63) is 133 Å². The number of nitrogens with zero attached hydrogens (tertiary/aromatic N) is 4. The minimum atomic E-state index is 0.154. The first-order valence-electron chi connectivity index (χ1n) is 18.0. The van der Waals surface area contributed by atoms with Crippen LogP contribution in [-0.2, 0) is 0 Å². The molecule has 3 aromatic heterocycles. The van der Waals surface area contributed by atoms with Gasteiger partial charge in [0.1, 0.15) is 58.2 Å². The second-order valence-electron chi connectivity index (χ2n) is 13.7. The second kappa shape index (κ2) is 13.1. The zero-order valence-corrected chi connectivity index (χ0v) is 29.9. The number of fused-ring (bicyclic) bond motifs is 6. The van der Waals surface area contributed by atoms with Crippen molar-refractivity contribution in [2.75, 3.05) is 0 Å². The highest BCUT2D eigenvalue weighted by atomic mass is 16.3. The first-order chi connectivity index (χ1) is 27.3. The van der Waals surface area contributed by atoms with Gasteiger partial charge in [-0.05, 0) is 28.7 Å². The fourth-order valence-corrected chi connectivity index (χ4v) is 7.79. The molecule has 10 rings (SSSR count). The summed E-state index contributed by atoms with van der Waals surface area (Å²) < 4.78 is 8.50. The van der Waals surface area contributed by atoms with Crippen LogP contribution in [0.3, 0.4) is 0 Å². The Labute approximate surface area is 330 Å². The molecule has 0 atom stereocenters. The van der Waals surface area contributed by atoms with Gasteiger partial charge in [0.25, 0.3) is 0 Å². The van der Waals surface area contributed by atoms with E-state index in [-0.39, 0.29) is 44.3 Å². The van der Waals surface area contributed by atoms with Gasteiger partial charge < -0.3 is 8.98 Å². The number of rotatable bonds is 5. The van der Waals surface area contributed by atoms with Gasteiger partial charge in [0, 0.05) is 43.9 Å². The number of benzene rings is 7. The van der Waals surface area contributed by atoms with Crippen molar-refractivity contribution in [1.82, 2.24) is 19.5 Å². The summed E-state index contributed by atoms with van der Waals surface area (Å²) in [4.78, 5) is 14.7. The highest BCUT2D eigenvalue weighted by Crippen LogP contribution is 2.33. The van der Waals surface area contributed by atoms with E-state index in [1.807, 2.05) is 114 Å². The lowest BCUT2D eigenvalue weighted by atomic mass is 9.68. The number of para-hydroxylation sites is 2. The molecule has 5 nitrogen and oxygen atoms in total. The topological polar surface area (TPSA) is 56.7 Å². The highest BCUT2D eigenvalue weighted by Gasteiger charge is 2.26. The smallest absolute Gasteiger partial charge is 0.164 e. The van der Waals surface area contributed by atoms with Crippen molar-refractivity contribution in [2.24, 2.45) is 0 Å². The molecule has 246 valence electrons. The molecule has 0 amide bonds. The average Bonchev–Trinajstić information content (AvgIpc) is 3.81. The summed E-state index contributed by atoms with van der Waals surface area (Å²) in [5, 5.41) is 2.94. The third-order valence-corrected chi connectivity index (χ3v) is 10.5. The Kier molecular flexibility index (Phi) is 7.96. The number of furan rings is 1. The highest BCUT2D eigenvalue weighted by molar-refractivity contribution is 6.64. The van der Waals surface area contributed by atoms with E-state index in [1.165, 1.54) is 0 Å². The minimum Gasteiger partial charge on any atom is -0.457 e. The molecular weight excluding hydrogens is 677 g/mol. The van der Waals surface area contributed by atoms with Crippen molar-refractivity contribution in [3.8, 4) is 51.0 Å². The van der Waals surface area contributed by atoms with Crippen LogP contribution in [0.25, 0.3) is 94.7 Å². The Morgan fingerprint density at radius 2 is 0.821 bits per heavy atom. The standard InChI is InChI=1S/C45H22B6N4O/c46-34-31-32-36(48)40(55-29-17-9-7-15-27(29)28-16-8-10-18-30(28)55)38(50)39(51)42(32)56-41(31)37(49)33(35(34)47)45-53-43(25-13-5-2-6-14-25)52-44(54-45)26-21-19-24(20-22-26)23-11-3-1-4-12-23/h1-22H.